The molecule has 0 aliphatic carbocycles. The molecule has 0 bridgehead atoms. The van der Waals surface area contributed by atoms with Crippen LogP contribution in [0.15, 0.2) is 18.2 Å². The van der Waals surface area contributed by atoms with Crippen LogP contribution in [0.5, 0.6) is 0 Å². The molecular weight excluding hydrogens is 301 g/mol. The van der Waals surface area contributed by atoms with Gasteiger partial charge in [0.25, 0.3) is 5.69 Å². The Balaban J connectivity index is 2.47. The number of benzene rings is 1. The fourth-order valence-corrected chi connectivity index (χ4v) is 2.30. The predicted molar refractivity (Wildman–Crippen MR) is 84.3 cm³/mol. The SMILES string of the molecule is CC(=O)OCc1cccc([N+](=O)[O-])c1B1OC(C)(C)C(C)(C)O1. The molecule has 1 aliphatic rings. The molecule has 7 nitrogen and oxygen atoms in total. The van der Waals surface area contributed by atoms with Gasteiger partial charge in [-0.25, -0.2) is 0 Å². The Bertz CT molecular complexity index is 627. The molecule has 0 amide bonds. The standard InChI is InChI=1S/C15H20BNO6/c1-10(18)21-9-11-7-6-8-12(17(19)20)13(11)16-22-14(2,3)15(4,5)23-16/h6-8H,9H2,1-5H3. The maximum Gasteiger partial charge on any atom is 0.502 e. The van der Waals surface area contributed by atoms with Gasteiger partial charge < -0.3 is 14.0 Å². The topological polar surface area (TPSA) is 87.9 Å². The van der Waals surface area contributed by atoms with Gasteiger partial charge in [0.1, 0.15) is 6.61 Å². The van der Waals surface area contributed by atoms with Gasteiger partial charge in [0.15, 0.2) is 0 Å². The number of ether oxygens (including phenoxy) is 1. The van der Waals surface area contributed by atoms with Crippen molar-refractivity contribution in [2.45, 2.75) is 52.4 Å². The molecule has 0 saturated carbocycles. The van der Waals surface area contributed by atoms with Crippen LogP contribution in [-0.4, -0.2) is 29.2 Å². The van der Waals surface area contributed by atoms with Crippen LogP contribution in [0, 0.1) is 10.1 Å². The van der Waals surface area contributed by atoms with E-state index in [0.29, 0.717) is 5.56 Å². The van der Waals surface area contributed by atoms with Crippen LogP contribution in [-0.2, 0) is 25.4 Å². The first-order valence-corrected chi connectivity index (χ1v) is 7.30. The zero-order valence-corrected chi connectivity index (χ0v) is 13.9. The third-order valence-corrected chi connectivity index (χ3v) is 4.29. The van der Waals surface area contributed by atoms with E-state index in [1.54, 1.807) is 12.1 Å². The van der Waals surface area contributed by atoms with Crippen molar-refractivity contribution >= 4 is 24.2 Å². The summed E-state index contributed by atoms with van der Waals surface area (Å²) in [7, 11) is -0.896. The van der Waals surface area contributed by atoms with Crippen molar-refractivity contribution in [1.82, 2.24) is 0 Å². The van der Waals surface area contributed by atoms with Crippen molar-refractivity contribution in [3.8, 4) is 0 Å². The van der Waals surface area contributed by atoms with Crippen LogP contribution in [0.3, 0.4) is 0 Å². The maximum atomic E-state index is 11.4. The van der Waals surface area contributed by atoms with Gasteiger partial charge >= 0.3 is 13.1 Å². The number of carbonyl (C=O) groups is 1. The molecule has 0 aromatic heterocycles. The second-order valence-corrected chi connectivity index (χ2v) is 6.48. The largest absolute Gasteiger partial charge is 0.502 e. The summed E-state index contributed by atoms with van der Waals surface area (Å²) in [4.78, 5) is 21.9. The monoisotopic (exact) mass is 321 g/mol. The fourth-order valence-electron chi connectivity index (χ4n) is 2.30. The molecule has 23 heavy (non-hydrogen) atoms. The lowest BCUT2D eigenvalue weighted by atomic mass is 9.74. The zero-order chi connectivity index (χ0) is 17.4. The molecule has 2 rings (SSSR count). The molecule has 124 valence electrons. The van der Waals surface area contributed by atoms with E-state index in [1.807, 2.05) is 27.7 Å². The highest BCUT2D eigenvalue weighted by Gasteiger charge is 2.54. The summed E-state index contributed by atoms with van der Waals surface area (Å²) < 4.78 is 16.8. The second kappa shape index (κ2) is 5.94. The van der Waals surface area contributed by atoms with E-state index in [2.05, 4.69) is 0 Å². The van der Waals surface area contributed by atoms with E-state index in [4.69, 9.17) is 14.0 Å². The highest BCUT2D eigenvalue weighted by Crippen LogP contribution is 2.37. The van der Waals surface area contributed by atoms with Crippen molar-refractivity contribution < 1.29 is 23.8 Å². The number of nitrogens with zero attached hydrogens (tertiary/aromatic N) is 1. The molecule has 0 spiro atoms. The Kier molecular flexibility index (Phi) is 4.50. The molecule has 0 N–H and O–H groups in total. The van der Waals surface area contributed by atoms with Crippen LogP contribution in [0.4, 0.5) is 5.69 Å². The third-order valence-electron chi connectivity index (χ3n) is 4.29. The Hall–Kier alpha value is -1.93. The molecule has 0 atom stereocenters. The van der Waals surface area contributed by atoms with E-state index in [1.165, 1.54) is 13.0 Å². The van der Waals surface area contributed by atoms with Crippen molar-refractivity contribution in [3.63, 3.8) is 0 Å². The second-order valence-electron chi connectivity index (χ2n) is 6.48. The zero-order valence-electron chi connectivity index (χ0n) is 13.9. The first-order valence-electron chi connectivity index (χ1n) is 7.30. The Morgan fingerprint density at radius 2 is 1.83 bits per heavy atom. The molecule has 1 aromatic carbocycles. The summed E-state index contributed by atoms with van der Waals surface area (Å²) in [6.07, 6.45) is 0. The third kappa shape index (κ3) is 3.38. The predicted octanol–water partition coefficient (Wildman–Crippen LogP) is 1.96. The number of carbonyl (C=O) groups excluding carboxylic acids is 1. The molecule has 1 saturated heterocycles. The Morgan fingerprint density at radius 1 is 1.26 bits per heavy atom. The van der Waals surface area contributed by atoms with Crippen LogP contribution in [0.2, 0.25) is 0 Å². The van der Waals surface area contributed by atoms with Gasteiger partial charge in [0.2, 0.25) is 0 Å². The Labute approximate surface area is 135 Å². The highest BCUT2D eigenvalue weighted by atomic mass is 16.7. The van der Waals surface area contributed by atoms with Crippen molar-refractivity contribution in [3.05, 3.63) is 33.9 Å². The molecule has 1 aliphatic heterocycles. The summed E-state index contributed by atoms with van der Waals surface area (Å²) in [5, 5.41) is 11.4. The number of hydrogen-bond donors (Lipinski definition) is 0. The van der Waals surface area contributed by atoms with E-state index in [-0.39, 0.29) is 17.8 Å². The molecule has 1 aromatic rings. The number of hydrogen-bond acceptors (Lipinski definition) is 6. The quantitative estimate of drug-likeness (QED) is 0.364. The molecule has 0 radical (unpaired) electrons. The molecule has 1 heterocycles. The molecule has 0 unspecified atom stereocenters. The lowest BCUT2D eigenvalue weighted by molar-refractivity contribution is -0.383. The first kappa shape index (κ1) is 17.4. The number of nitro benzene ring substituents is 1. The molecule has 8 heteroatoms. The van der Waals surface area contributed by atoms with Gasteiger partial charge in [-0.05, 0) is 33.3 Å². The average Bonchev–Trinajstić information content (AvgIpc) is 2.64. The number of esters is 1. The first-order chi connectivity index (χ1) is 10.5. The molecule has 1 fully saturated rings. The number of rotatable bonds is 4. The normalized spacial score (nSPS) is 18.7. The van der Waals surface area contributed by atoms with Crippen molar-refractivity contribution in [2.24, 2.45) is 0 Å². The lowest BCUT2D eigenvalue weighted by Crippen LogP contribution is -2.41. The molecular formula is C15H20BNO6. The van der Waals surface area contributed by atoms with Gasteiger partial charge in [0, 0.05) is 13.0 Å². The van der Waals surface area contributed by atoms with Crippen molar-refractivity contribution in [2.75, 3.05) is 0 Å². The average molecular weight is 321 g/mol. The smallest absolute Gasteiger partial charge is 0.461 e. The van der Waals surface area contributed by atoms with Gasteiger partial charge in [-0.1, -0.05) is 12.1 Å². The van der Waals surface area contributed by atoms with Crippen LogP contribution < -0.4 is 5.46 Å². The summed E-state index contributed by atoms with van der Waals surface area (Å²) in [6, 6.07) is 4.60. The minimum Gasteiger partial charge on any atom is -0.461 e. The van der Waals surface area contributed by atoms with E-state index >= 15 is 0 Å². The van der Waals surface area contributed by atoms with E-state index in [0.717, 1.165) is 0 Å². The highest BCUT2D eigenvalue weighted by molar-refractivity contribution is 6.64. The minimum atomic E-state index is -0.896. The lowest BCUT2D eigenvalue weighted by Gasteiger charge is -2.32. The van der Waals surface area contributed by atoms with Crippen LogP contribution in [0.25, 0.3) is 0 Å². The summed E-state index contributed by atoms with van der Waals surface area (Å²) in [6.45, 7) is 8.68. The minimum absolute atomic E-state index is 0.0730. The Morgan fingerprint density at radius 3 is 2.30 bits per heavy atom. The maximum absolute atomic E-state index is 11.4. The van der Waals surface area contributed by atoms with Gasteiger partial charge in [-0.15, -0.1) is 0 Å². The van der Waals surface area contributed by atoms with E-state index in [9.17, 15) is 14.9 Å². The van der Waals surface area contributed by atoms with E-state index < -0.39 is 29.2 Å². The fraction of sp³-hybridized carbons (Fsp3) is 0.533. The van der Waals surface area contributed by atoms with Crippen LogP contribution in [0.1, 0.15) is 40.2 Å². The summed E-state index contributed by atoms with van der Waals surface area (Å²) >= 11 is 0. The van der Waals surface area contributed by atoms with Crippen LogP contribution >= 0.6 is 0 Å². The van der Waals surface area contributed by atoms with Gasteiger partial charge in [-0.2, -0.15) is 0 Å². The van der Waals surface area contributed by atoms with Gasteiger partial charge in [0.05, 0.1) is 21.6 Å². The summed E-state index contributed by atoms with van der Waals surface area (Å²) in [5.74, 6) is -0.462. The van der Waals surface area contributed by atoms with Gasteiger partial charge in [-0.3, -0.25) is 14.9 Å². The number of nitro groups is 1. The summed E-state index contributed by atoms with van der Waals surface area (Å²) in [5.41, 5.74) is -0.585. The van der Waals surface area contributed by atoms with Crippen molar-refractivity contribution in [1.29, 1.82) is 0 Å².